The maximum atomic E-state index is 11.2. The van der Waals surface area contributed by atoms with Gasteiger partial charge in [-0.2, -0.15) is 0 Å². The Hall–Kier alpha value is -1.52. The Kier molecular flexibility index (Phi) is 5.65. The van der Waals surface area contributed by atoms with E-state index in [9.17, 15) is 4.79 Å². The van der Waals surface area contributed by atoms with Gasteiger partial charge in [-0.3, -0.25) is 4.79 Å². The molecule has 0 atom stereocenters. The number of Topliss-reactive ketones (excluding diaryl/α,β-unsaturated/α-hetero) is 1. The van der Waals surface area contributed by atoms with Gasteiger partial charge < -0.3 is 10.1 Å². The quantitative estimate of drug-likeness (QED) is 0.588. The molecular weight excluding hydrogens is 354 g/mol. The molecule has 0 bridgehead atoms. The number of benzene rings is 2. The van der Waals surface area contributed by atoms with Gasteiger partial charge in [0.05, 0.1) is 4.47 Å². The Labute approximate surface area is 137 Å². The van der Waals surface area contributed by atoms with E-state index in [0.717, 1.165) is 15.9 Å². The zero-order chi connectivity index (χ0) is 15.2. The third kappa shape index (κ3) is 4.76. The molecule has 0 saturated carbocycles. The highest BCUT2D eigenvalue weighted by Crippen LogP contribution is 2.27. The number of ketones is 1. The Morgan fingerprint density at radius 2 is 1.95 bits per heavy atom. The van der Waals surface area contributed by atoms with Crippen molar-refractivity contribution in [1.29, 1.82) is 0 Å². The van der Waals surface area contributed by atoms with Gasteiger partial charge in [-0.25, -0.2) is 0 Å². The second-order valence-corrected chi connectivity index (χ2v) is 5.77. The molecule has 0 aliphatic carbocycles. The second kappa shape index (κ2) is 7.48. The smallest absolute Gasteiger partial charge is 0.159 e. The number of carbonyl (C=O) groups is 1. The largest absolute Gasteiger partial charge is 0.491 e. The first kappa shape index (κ1) is 15.9. The minimum absolute atomic E-state index is 0.0671. The molecule has 0 heterocycles. The molecule has 110 valence electrons. The highest BCUT2D eigenvalue weighted by Gasteiger charge is 2.02. The lowest BCUT2D eigenvalue weighted by Crippen LogP contribution is -2.11. The highest BCUT2D eigenvalue weighted by atomic mass is 79.9. The summed E-state index contributed by atoms with van der Waals surface area (Å²) in [6, 6.07) is 12.8. The van der Waals surface area contributed by atoms with Crippen LogP contribution < -0.4 is 10.1 Å². The molecule has 0 amide bonds. The normalized spacial score (nSPS) is 10.2. The van der Waals surface area contributed by atoms with Crippen LogP contribution in [-0.2, 0) is 0 Å². The molecule has 3 nitrogen and oxygen atoms in total. The molecule has 0 radical (unpaired) electrons. The van der Waals surface area contributed by atoms with Gasteiger partial charge in [-0.15, -0.1) is 0 Å². The zero-order valence-corrected chi connectivity index (χ0v) is 13.9. The van der Waals surface area contributed by atoms with Crippen molar-refractivity contribution >= 4 is 39.0 Å². The van der Waals surface area contributed by atoms with Crippen LogP contribution in [0.1, 0.15) is 17.3 Å². The third-order valence-corrected chi connectivity index (χ3v) is 3.73. The SMILES string of the molecule is CC(=O)c1ccc(NCCOc2ccc(Cl)cc2Br)cc1. The summed E-state index contributed by atoms with van der Waals surface area (Å²) in [6.07, 6.45) is 0. The van der Waals surface area contributed by atoms with Crippen LogP contribution in [0.3, 0.4) is 0 Å². The van der Waals surface area contributed by atoms with Crippen molar-refractivity contribution in [1.82, 2.24) is 0 Å². The fourth-order valence-corrected chi connectivity index (χ4v) is 2.57. The summed E-state index contributed by atoms with van der Waals surface area (Å²) < 4.78 is 6.49. The summed E-state index contributed by atoms with van der Waals surface area (Å²) in [7, 11) is 0. The summed E-state index contributed by atoms with van der Waals surface area (Å²) in [5.74, 6) is 0.825. The number of anilines is 1. The van der Waals surface area contributed by atoms with E-state index in [0.29, 0.717) is 23.7 Å². The van der Waals surface area contributed by atoms with Crippen LogP contribution in [0.2, 0.25) is 5.02 Å². The third-order valence-electron chi connectivity index (χ3n) is 2.87. The molecule has 0 saturated heterocycles. The average molecular weight is 369 g/mol. The molecule has 0 aliphatic rings. The minimum atomic E-state index is 0.0671. The van der Waals surface area contributed by atoms with E-state index in [2.05, 4.69) is 21.2 Å². The Morgan fingerprint density at radius 3 is 2.57 bits per heavy atom. The van der Waals surface area contributed by atoms with Crippen molar-refractivity contribution in [3.05, 3.63) is 57.5 Å². The lowest BCUT2D eigenvalue weighted by atomic mass is 10.1. The summed E-state index contributed by atoms with van der Waals surface area (Å²) in [6.45, 7) is 2.74. The Morgan fingerprint density at radius 1 is 1.24 bits per heavy atom. The van der Waals surface area contributed by atoms with Crippen molar-refractivity contribution in [2.75, 3.05) is 18.5 Å². The van der Waals surface area contributed by atoms with Crippen molar-refractivity contribution in [3.63, 3.8) is 0 Å². The molecule has 0 spiro atoms. The second-order valence-electron chi connectivity index (χ2n) is 4.48. The molecular formula is C16H15BrClNO2. The average Bonchev–Trinajstić information content (AvgIpc) is 2.46. The van der Waals surface area contributed by atoms with Crippen molar-refractivity contribution in [2.24, 2.45) is 0 Å². The first-order valence-corrected chi connectivity index (χ1v) is 7.66. The molecule has 2 aromatic rings. The maximum absolute atomic E-state index is 11.2. The molecule has 2 rings (SSSR count). The minimum Gasteiger partial charge on any atom is -0.491 e. The van der Waals surface area contributed by atoms with Crippen LogP contribution in [0, 0.1) is 0 Å². The van der Waals surface area contributed by atoms with E-state index in [4.69, 9.17) is 16.3 Å². The van der Waals surface area contributed by atoms with Crippen LogP contribution in [-0.4, -0.2) is 18.9 Å². The Bertz CT molecular complexity index is 629. The number of ether oxygens (including phenoxy) is 1. The fourth-order valence-electron chi connectivity index (χ4n) is 1.77. The highest BCUT2D eigenvalue weighted by molar-refractivity contribution is 9.10. The summed E-state index contributed by atoms with van der Waals surface area (Å²) in [5.41, 5.74) is 1.67. The van der Waals surface area contributed by atoms with E-state index >= 15 is 0 Å². The first-order chi connectivity index (χ1) is 10.1. The van der Waals surface area contributed by atoms with Gasteiger partial charge in [0, 0.05) is 22.8 Å². The van der Waals surface area contributed by atoms with E-state index in [1.54, 1.807) is 31.2 Å². The molecule has 1 N–H and O–H groups in total. The van der Waals surface area contributed by atoms with E-state index in [-0.39, 0.29) is 5.78 Å². The lowest BCUT2D eigenvalue weighted by molar-refractivity contribution is 0.101. The van der Waals surface area contributed by atoms with E-state index < -0.39 is 0 Å². The molecule has 2 aromatic carbocycles. The fraction of sp³-hybridized carbons (Fsp3) is 0.188. The van der Waals surface area contributed by atoms with Crippen LogP contribution in [0.5, 0.6) is 5.75 Å². The predicted octanol–water partition coefficient (Wildman–Crippen LogP) is 4.80. The molecule has 0 aromatic heterocycles. The number of carbonyl (C=O) groups excluding carboxylic acids is 1. The summed E-state index contributed by atoms with van der Waals surface area (Å²) >= 11 is 9.28. The number of hydrogen-bond donors (Lipinski definition) is 1. The molecule has 21 heavy (non-hydrogen) atoms. The van der Waals surface area contributed by atoms with E-state index in [1.165, 1.54) is 0 Å². The van der Waals surface area contributed by atoms with Crippen LogP contribution >= 0.6 is 27.5 Å². The number of hydrogen-bond acceptors (Lipinski definition) is 3. The Balaban J connectivity index is 1.80. The van der Waals surface area contributed by atoms with Gasteiger partial charge in [0.2, 0.25) is 0 Å². The van der Waals surface area contributed by atoms with Gasteiger partial charge in [0.25, 0.3) is 0 Å². The maximum Gasteiger partial charge on any atom is 0.159 e. The molecule has 0 unspecified atom stereocenters. The van der Waals surface area contributed by atoms with Gasteiger partial charge in [0.15, 0.2) is 5.78 Å². The monoisotopic (exact) mass is 367 g/mol. The van der Waals surface area contributed by atoms with Crippen molar-refractivity contribution in [3.8, 4) is 5.75 Å². The van der Waals surface area contributed by atoms with Gasteiger partial charge in [0.1, 0.15) is 12.4 Å². The van der Waals surface area contributed by atoms with Gasteiger partial charge in [-0.05, 0) is 65.3 Å². The molecule has 0 fully saturated rings. The topological polar surface area (TPSA) is 38.3 Å². The van der Waals surface area contributed by atoms with Crippen LogP contribution in [0.15, 0.2) is 46.9 Å². The lowest BCUT2D eigenvalue weighted by Gasteiger charge is -2.10. The van der Waals surface area contributed by atoms with Gasteiger partial charge in [-0.1, -0.05) is 11.6 Å². The van der Waals surface area contributed by atoms with Gasteiger partial charge >= 0.3 is 0 Å². The standard InChI is InChI=1S/C16H15BrClNO2/c1-11(20)12-2-5-14(6-3-12)19-8-9-21-16-7-4-13(18)10-15(16)17/h2-7,10,19H,8-9H2,1H3. The van der Waals surface area contributed by atoms with E-state index in [1.807, 2.05) is 18.2 Å². The number of halogens is 2. The number of nitrogens with one attached hydrogen (secondary N) is 1. The predicted molar refractivity (Wildman–Crippen MR) is 89.6 cm³/mol. The van der Waals surface area contributed by atoms with Crippen LogP contribution in [0.25, 0.3) is 0 Å². The molecule has 5 heteroatoms. The van der Waals surface area contributed by atoms with Crippen molar-refractivity contribution in [2.45, 2.75) is 6.92 Å². The summed E-state index contributed by atoms with van der Waals surface area (Å²) in [4.78, 5) is 11.2. The zero-order valence-electron chi connectivity index (χ0n) is 11.5. The molecule has 0 aliphatic heterocycles. The first-order valence-electron chi connectivity index (χ1n) is 6.49. The number of rotatable bonds is 6. The van der Waals surface area contributed by atoms with Crippen LogP contribution in [0.4, 0.5) is 5.69 Å². The summed E-state index contributed by atoms with van der Waals surface area (Å²) in [5, 5.41) is 3.90. The van der Waals surface area contributed by atoms with Crippen molar-refractivity contribution < 1.29 is 9.53 Å².